The lowest BCUT2D eigenvalue weighted by Crippen LogP contribution is -2.55. The highest BCUT2D eigenvalue weighted by molar-refractivity contribution is 5.95. The van der Waals surface area contributed by atoms with Crippen molar-refractivity contribution in [3.05, 3.63) is 36.3 Å². The zero-order valence-electron chi connectivity index (χ0n) is 13.5. The molecular formula is C18H17NO6. The Balaban J connectivity index is 1.67. The number of amides is 1. The van der Waals surface area contributed by atoms with Gasteiger partial charge in [-0.1, -0.05) is 19.1 Å². The monoisotopic (exact) mass is 343 g/mol. The molecule has 5 rings (SSSR count). The maximum atomic E-state index is 13.3. The molecule has 25 heavy (non-hydrogen) atoms. The van der Waals surface area contributed by atoms with E-state index in [0.717, 1.165) is 0 Å². The van der Waals surface area contributed by atoms with Crippen LogP contribution in [0.25, 0.3) is 0 Å². The van der Waals surface area contributed by atoms with Crippen LogP contribution in [0.15, 0.2) is 35.0 Å². The molecule has 2 bridgehead atoms. The minimum Gasteiger partial charge on any atom is -0.481 e. The largest absolute Gasteiger partial charge is 0.481 e. The number of carboxylic acids is 1. The number of piperidine rings is 1. The number of carbonyl (C=O) groups is 3. The van der Waals surface area contributed by atoms with Crippen LogP contribution < -0.4 is 0 Å². The van der Waals surface area contributed by atoms with Gasteiger partial charge >= 0.3 is 5.97 Å². The van der Waals surface area contributed by atoms with Gasteiger partial charge in [-0.3, -0.25) is 14.4 Å². The molecule has 7 nitrogen and oxygen atoms in total. The second-order valence-electron chi connectivity index (χ2n) is 7.32. The van der Waals surface area contributed by atoms with E-state index >= 15 is 0 Å². The zero-order valence-corrected chi connectivity index (χ0v) is 13.5. The van der Waals surface area contributed by atoms with E-state index in [4.69, 9.17) is 9.15 Å². The van der Waals surface area contributed by atoms with Crippen LogP contribution in [-0.2, 0) is 19.1 Å². The van der Waals surface area contributed by atoms with Crippen molar-refractivity contribution < 1.29 is 28.6 Å². The van der Waals surface area contributed by atoms with E-state index < -0.39 is 47.5 Å². The van der Waals surface area contributed by atoms with E-state index in [0.29, 0.717) is 5.76 Å². The summed E-state index contributed by atoms with van der Waals surface area (Å²) in [5.74, 6) is -2.85. The summed E-state index contributed by atoms with van der Waals surface area (Å²) >= 11 is 0. The first-order chi connectivity index (χ1) is 12.0. The first-order valence-corrected chi connectivity index (χ1v) is 8.44. The number of furan rings is 1. The third-order valence-electron chi connectivity index (χ3n) is 6.24. The second kappa shape index (κ2) is 4.60. The third-order valence-corrected chi connectivity index (χ3v) is 6.24. The van der Waals surface area contributed by atoms with Crippen LogP contribution >= 0.6 is 0 Å². The van der Waals surface area contributed by atoms with Crippen molar-refractivity contribution in [1.82, 2.24) is 4.90 Å². The Hall–Kier alpha value is -2.41. The summed E-state index contributed by atoms with van der Waals surface area (Å²) in [6, 6.07) is 2.44. The van der Waals surface area contributed by atoms with Crippen LogP contribution in [0.1, 0.15) is 25.1 Å². The quantitative estimate of drug-likeness (QED) is 0.810. The number of carbonyl (C=O) groups excluding carboxylic acids is 2. The van der Waals surface area contributed by atoms with Crippen LogP contribution in [0.5, 0.6) is 0 Å². The molecule has 4 aliphatic heterocycles. The summed E-state index contributed by atoms with van der Waals surface area (Å²) < 4.78 is 11.5. The molecule has 1 spiro atoms. The smallest absolute Gasteiger partial charge is 0.310 e. The van der Waals surface area contributed by atoms with E-state index in [-0.39, 0.29) is 18.1 Å². The SMILES string of the molecule is CC1C(=O)CC(c2ccco2)N2C(=O)C3C(C(=O)O)[C@H]4C=C[C@@]3(O4)C12. The molecule has 0 aliphatic carbocycles. The topological polar surface area (TPSA) is 97.1 Å². The van der Waals surface area contributed by atoms with Crippen molar-refractivity contribution >= 4 is 17.7 Å². The highest BCUT2D eigenvalue weighted by Crippen LogP contribution is 2.59. The molecule has 5 heterocycles. The zero-order chi connectivity index (χ0) is 17.5. The Morgan fingerprint density at radius 3 is 2.88 bits per heavy atom. The predicted octanol–water partition coefficient (Wildman–Crippen LogP) is 1.16. The second-order valence-corrected chi connectivity index (χ2v) is 7.32. The van der Waals surface area contributed by atoms with Crippen molar-refractivity contribution in [3.63, 3.8) is 0 Å². The van der Waals surface area contributed by atoms with Gasteiger partial charge in [0.2, 0.25) is 5.91 Å². The van der Waals surface area contributed by atoms with Gasteiger partial charge in [0, 0.05) is 12.3 Å². The van der Waals surface area contributed by atoms with E-state index in [1.54, 1.807) is 36.1 Å². The van der Waals surface area contributed by atoms with Gasteiger partial charge in [0.05, 0.1) is 30.4 Å². The summed E-state index contributed by atoms with van der Waals surface area (Å²) in [5, 5.41) is 9.63. The lowest BCUT2D eigenvalue weighted by molar-refractivity contribution is -0.152. The van der Waals surface area contributed by atoms with Gasteiger partial charge in [0.1, 0.15) is 23.1 Å². The fraction of sp³-hybridized carbons (Fsp3) is 0.500. The van der Waals surface area contributed by atoms with E-state index in [1.807, 2.05) is 0 Å². The first-order valence-electron chi connectivity index (χ1n) is 8.44. The minimum absolute atomic E-state index is 0.0321. The number of carboxylic acid groups (broad SMARTS) is 1. The summed E-state index contributed by atoms with van der Waals surface area (Å²) in [6.45, 7) is 1.79. The molecule has 0 radical (unpaired) electrons. The number of nitrogens with zero attached hydrogens (tertiary/aromatic N) is 1. The summed E-state index contributed by atoms with van der Waals surface area (Å²) in [4.78, 5) is 39.3. The van der Waals surface area contributed by atoms with Gasteiger partial charge in [-0.05, 0) is 12.1 Å². The minimum atomic E-state index is -1.04. The Kier molecular flexibility index (Phi) is 2.74. The fourth-order valence-electron chi connectivity index (χ4n) is 5.25. The van der Waals surface area contributed by atoms with Crippen LogP contribution in [0.3, 0.4) is 0 Å². The highest BCUT2D eigenvalue weighted by atomic mass is 16.5. The lowest BCUT2D eigenvalue weighted by atomic mass is 9.71. The number of Topliss-reactive ketones (excluding diaryl/α,β-unsaturated/α-hetero) is 1. The van der Waals surface area contributed by atoms with Crippen LogP contribution in [-0.4, -0.2) is 45.4 Å². The van der Waals surface area contributed by atoms with Gasteiger partial charge in [0.15, 0.2) is 0 Å². The highest BCUT2D eigenvalue weighted by Gasteiger charge is 2.74. The van der Waals surface area contributed by atoms with Gasteiger partial charge in [0.25, 0.3) is 0 Å². The number of aliphatic carboxylic acids is 1. The maximum Gasteiger partial charge on any atom is 0.310 e. The number of hydrogen-bond acceptors (Lipinski definition) is 5. The van der Waals surface area contributed by atoms with Crippen molar-refractivity contribution in [2.75, 3.05) is 0 Å². The van der Waals surface area contributed by atoms with E-state index in [2.05, 4.69) is 0 Å². The molecule has 0 aromatic carbocycles. The fourth-order valence-corrected chi connectivity index (χ4v) is 5.25. The number of hydrogen-bond donors (Lipinski definition) is 1. The maximum absolute atomic E-state index is 13.3. The molecule has 1 amide bonds. The average molecular weight is 343 g/mol. The summed E-state index contributed by atoms with van der Waals surface area (Å²) in [7, 11) is 0. The van der Waals surface area contributed by atoms with E-state index in [1.165, 1.54) is 6.26 Å². The van der Waals surface area contributed by atoms with Gasteiger partial charge in [-0.2, -0.15) is 0 Å². The van der Waals surface area contributed by atoms with Crippen molar-refractivity contribution in [1.29, 1.82) is 0 Å². The molecule has 0 saturated carbocycles. The Morgan fingerprint density at radius 2 is 2.20 bits per heavy atom. The van der Waals surface area contributed by atoms with E-state index in [9.17, 15) is 19.5 Å². The molecule has 3 saturated heterocycles. The standard InChI is InChI=1S/C18H17NO6/c1-8-10(20)7-9(11-3-2-6-24-11)19-15(8)18-5-4-12(25-18)13(17(22)23)14(18)16(19)21/h2-6,8-9,12-15H,7H2,1H3,(H,22,23)/t8?,9?,12-,13?,14?,15?,18+/m1/s1. The van der Waals surface area contributed by atoms with Gasteiger partial charge < -0.3 is 19.2 Å². The van der Waals surface area contributed by atoms with Crippen molar-refractivity contribution in [2.24, 2.45) is 17.8 Å². The molecule has 3 fully saturated rings. The molecule has 130 valence electrons. The third kappa shape index (κ3) is 1.62. The predicted molar refractivity (Wildman–Crippen MR) is 82.2 cm³/mol. The Labute approximate surface area is 143 Å². The van der Waals surface area contributed by atoms with Crippen molar-refractivity contribution in [3.8, 4) is 0 Å². The Morgan fingerprint density at radius 1 is 1.40 bits per heavy atom. The van der Waals surface area contributed by atoms with Crippen LogP contribution in [0, 0.1) is 17.8 Å². The molecule has 7 heteroatoms. The average Bonchev–Trinajstić information content (AvgIpc) is 3.32. The van der Waals surface area contributed by atoms with Gasteiger partial charge in [-0.25, -0.2) is 0 Å². The normalized spacial score (nSPS) is 44.3. The lowest BCUT2D eigenvalue weighted by Gasteiger charge is -2.43. The first kappa shape index (κ1) is 14.9. The summed E-state index contributed by atoms with van der Waals surface area (Å²) in [5.41, 5.74) is -1.04. The number of fused-ring (bicyclic) bond motifs is 2. The van der Waals surface area contributed by atoms with Crippen LogP contribution in [0.4, 0.5) is 0 Å². The number of ether oxygens (including phenoxy) is 1. The molecule has 5 unspecified atom stereocenters. The van der Waals surface area contributed by atoms with Gasteiger partial charge in [-0.15, -0.1) is 0 Å². The number of rotatable bonds is 2. The molecule has 1 aromatic heterocycles. The Bertz CT molecular complexity index is 814. The molecular weight excluding hydrogens is 326 g/mol. The summed E-state index contributed by atoms with van der Waals surface area (Å²) in [6.07, 6.45) is 4.59. The molecule has 1 aromatic rings. The molecule has 7 atom stereocenters. The van der Waals surface area contributed by atoms with Crippen LogP contribution in [0.2, 0.25) is 0 Å². The van der Waals surface area contributed by atoms with Crippen molar-refractivity contribution in [2.45, 2.75) is 37.1 Å². The molecule has 4 aliphatic rings. The number of ketones is 1. The molecule has 1 N–H and O–H groups in total.